The summed E-state index contributed by atoms with van der Waals surface area (Å²) in [6, 6.07) is 0. The molecule has 0 aromatic heterocycles. The first-order valence-electron chi connectivity index (χ1n) is 13.0. The van der Waals surface area contributed by atoms with E-state index in [1.807, 2.05) is 0 Å². The van der Waals surface area contributed by atoms with Crippen LogP contribution in [0.15, 0.2) is 0 Å². The fraction of sp³-hybridized carbons (Fsp3) is 0.905. The lowest BCUT2D eigenvalue weighted by atomic mass is 9.89. The molecule has 0 unspecified atom stereocenters. The van der Waals surface area contributed by atoms with Crippen molar-refractivity contribution in [3.8, 4) is 0 Å². The van der Waals surface area contributed by atoms with Gasteiger partial charge in [-0.1, -0.05) is 0 Å². The number of hydrogen-bond acceptors (Lipinski definition) is 2. The smallest absolute Gasteiger partial charge is 0.351 e. The predicted octanol–water partition coefficient (Wildman–Crippen LogP) is 10.2. The molecule has 59 heavy (non-hydrogen) atoms. The number of rotatable bonds is 20. The minimum absolute atomic E-state index is 0.102. The molecule has 0 saturated heterocycles. The van der Waals surface area contributed by atoms with Crippen molar-refractivity contribution < 1.29 is 150 Å². The number of nitrogens with one attached hydrogen (secondary N) is 2. The molecule has 0 heterocycles. The first kappa shape index (κ1) is 56.3. The predicted molar refractivity (Wildman–Crippen MR) is 121 cm³/mol. The Morgan fingerprint density at radius 1 is 0.288 bits per heavy atom. The van der Waals surface area contributed by atoms with Crippen molar-refractivity contribution in [2.24, 2.45) is 0 Å². The van der Waals surface area contributed by atoms with E-state index in [0.717, 1.165) is 0 Å². The van der Waals surface area contributed by atoms with E-state index in [0.29, 0.717) is 0 Å². The number of carbonyl (C=O) groups excluding carboxylic acids is 2. The van der Waals surface area contributed by atoms with E-state index in [1.165, 1.54) is 0 Å². The molecule has 0 spiro atoms. The third kappa shape index (κ3) is 7.64. The van der Waals surface area contributed by atoms with Gasteiger partial charge in [-0.2, -0.15) is 140 Å². The van der Waals surface area contributed by atoms with Crippen LogP contribution in [0.5, 0.6) is 0 Å². The van der Waals surface area contributed by atoms with Gasteiger partial charge in [-0.05, 0) is 29.6 Å². The molecule has 38 heteroatoms. The summed E-state index contributed by atoms with van der Waals surface area (Å²) < 4.78 is 431. The van der Waals surface area contributed by atoms with E-state index in [9.17, 15) is 150 Å². The van der Waals surface area contributed by atoms with E-state index in [1.54, 1.807) is 0 Å². The summed E-state index contributed by atoms with van der Waals surface area (Å²) in [5.41, 5.74) is 0. The highest BCUT2D eigenvalue weighted by Crippen LogP contribution is 2.66. The molecule has 0 aliphatic heterocycles. The SMILES string of the molecule is O=C(NCCCNC(=O)C(F)(F)C(F)(F)C(F)(F)C(F)(F)C(F)(F)C(F)(F)C(F)(F)C(F)(F)Cl)C(F)(F)C(F)(F)C(F)(F)C(F)(F)C(F)(F)C(F)(F)C(F)(F)C(F)(F)Cl. The van der Waals surface area contributed by atoms with Crippen molar-refractivity contribution >= 4 is 35.0 Å². The van der Waals surface area contributed by atoms with E-state index in [-0.39, 0.29) is 10.6 Å². The van der Waals surface area contributed by atoms with Crippen LogP contribution in [0.3, 0.4) is 0 Å². The molecule has 4 nitrogen and oxygen atoms in total. The Balaban J connectivity index is 6.27. The van der Waals surface area contributed by atoms with Crippen LogP contribution in [0.25, 0.3) is 0 Å². The summed E-state index contributed by atoms with van der Waals surface area (Å²) in [4.78, 5) is 22.6. The van der Waals surface area contributed by atoms with Crippen molar-refractivity contribution in [2.45, 2.75) is 100 Å². The van der Waals surface area contributed by atoms with Crippen molar-refractivity contribution in [1.82, 2.24) is 10.6 Å². The number of amides is 2. The first-order chi connectivity index (χ1) is 25.0. The summed E-state index contributed by atoms with van der Waals surface area (Å²) in [5, 5.41) is -14.1. The van der Waals surface area contributed by atoms with Gasteiger partial charge >= 0.3 is 93.7 Å². The van der Waals surface area contributed by atoms with Crippen LogP contribution in [-0.2, 0) is 9.59 Å². The highest BCUT2D eigenvalue weighted by atomic mass is 35.5. The summed E-state index contributed by atoms with van der Waals surface area (Å²) in [6.07, 6.45) is -1.93. The highest BCUT2D eigenvalue weighted by molar-refractivity contribution is 6.22. The van der Waals surface area contributed by atoms with Crippen LogP contribution in [0.1, 0.15) is 6.42 Å². The Morgan fingerprint density at radius 2 is 0.441 bits per heavy atom. The fourth-order valence-electron chi connectivity index (χ4n) is 3.33. The minimum atomic E-state index is -9.05. The van der Waals surface area contributed by atoms with E-state index < -0.39 is 125 Å². The second-order valence-corrected chi connectivity index (χ2v) is 11.9. The normalized spacial score (nSPS) is 16.3. The van der Waals surface area contributed by atoms with Crippen LogP contribution in [0, 0.1) is 0 Å². The average molecular weight is 999 g/mol. The molecule has 0 aromatic rings. The molecule has 2 N–H and O–H groups in total. The van der Waals surface area contributed by atoms with Gasteiger partial charge in [-0.3, -0.25) is 9.59 Å². The van der Waals surface area contributed by atoms with E-state index in [4.69, 9.17) is 0 Å². The molecule has 0 saturated carbocycles. The number of halogens is 34. The Hall–Kier alpha value is -2.72. The maximum atomic E-state index is 13.9. The summed E-state index contributed by atoms with van der Waals surface area (Å²) >= 11 is 6.62. The van der Waals surface area contributed by atoms with Crippen molar-refractivity contribution in [3.05, 3.63) is 0 Å². The van der Waals surface area contributed by atoms with Crippen LogP contribution in [-0.4, -0.2) is 119 Å². The molecule has 0 radical (unpaired) electrons. The Labute approximate surface area is 309 Å². The van der Waals surface area contributed by atoms with Crippen LogP contribution in [0.4, 0.5) is 140 Å². The lowest BCUT2D eigenvalue weighted by Gasteiger charge is -2.42. The molecule has 0 fully saturated rings. The maximum absolute atomic E-state index is 13.9. The first-order valence-corrected chi connectivity index (χ1v) is 13.8. The van der Waals surface area contributed by atoms with Gasteiger partial charge in [0.1, 0.15) is 0 Å². The zero-order valence-electron chi connectivity index (χ0n) is 25.8. The van der Waals surface area contributed by atoms with Crippen LogP contribution < -0.4 is 10.6 Å². The highest BCUT2D eigenvalue weighted by Gasteiger charge is 2.97. The topological polar surface area (TPSA) is 58.2 Å². The Kier molecular flexibility index (Phi) is 14.3. The molecular formula is C21H8Cl2F32N2O2. The number of carbonyl (C=O) groups is 2. The van der Waals surface area contributed by atoms with Crippen molar-refractivity contribution in [3.63, 3.8) is 0 Å². The van der Waals surface area contributed by atoms with Gasteiger partial charge in [0.05, 0.1) is 0 Å². The van der Waals surface area contributed by atoms with Gasteiger partial charge in [0.25, 0.3) is 11.8 Å². The third-order valence-corrected chi connectivity index (χ3v) is 7.41. The molecule has 2 amide bonds. The van der Waals surface area contributed by atoms with Gasteiger partial charge in [0.2, 0.25) is 0 Å². The second-order valence-electron chi connectivity index (χ2n) is 10.9. The summed E-state index contributed by atoms with van der Waals surface area (Å²) in [6.45, 7) is -4.45. The third-order valence-electron chi connectivity index (χ3n) is 6.94. The lowest BCUT2D eigenvalue weighted by molar-refractivity contribution is -0.446. The standard InChI is InChI=1S/C21H8Cl2F32N2O2/c22-20(52,53)18(48,49)16(44,45)14(40,41)12(36,37)10(32,33)8(28,29)6(24,25)4(58)56-2-1-3-57-5(59)7(26,27)9(30,31)11(34,35)13(38,39)15(42,43)17(46,47)19(50,51)21(23,54)55/h1-3H2,(H,56,58)(H,57,59). The average Bonchev–Trinajstić information content (AvgIpc) is 3.01. The van der Waals surface area contributed by atoms with E-state index in [2.05, 4.69) is 23.2 Å². The molecule has 352 valence electrons. The largest absolute Gasteiger partial charge is 0.393 e. The molecule has 0 bridgehead atoms. The van der Waals surface area contributed by atoms with Crippen molar-refractivity contribution in [2.75, 3.05) is 13.1 Å². The molecule has 0 aliphatic rings. The van der Waals surface area contributed by atoms with Gasteiger partial charge in [0, 0.05) is 13.1 Å². The molecule has 0 aliphatic carbocycles. The summed E-state index contributed by atoms with van der Waals surface area (Å²) in [5.74, 6) is -129. The summed E-state index contributed by atoms with van der Waals surface area (Å²) in [7, 11) is 0. The van der Waals surface area contributed by atoms with Gasteiger partial charge in [-0.15, -0.1) is 0 Å². The van der Waals surface area contributed by atoms with Gasteiger partial charge < -0.3 is 10.6 Å². The molecule has 0 aromatic carbocycles. The molecule has 0 atom stereocenters. The number of alkyl halides is 34. The maximum Gasteiger partial charge on any atom is 0.393 e. The van der Waals surface area contributed by atoms with Crippen LogP contribution >= 0.6 is 23.2 Å². The Morgan fingerprint density at radius 3 is 0.610 bits per heavy atom. The lowest BCUT2D eigenvalue weighted by Crippen LogP contribution is -2.75. The quantitative estimate of drug-likeness (QED) is 0.0726. The van der Waals surface area contributed by atoms with Gasteiger partial charge in [0.15, 0.2) is 0 Å². The molecular weight excluding hydrogens is 991 g/mol. The zero-order chi connectivity index (χ0) is 48.7. The zero-order valence-corrected chi connectivity index (χ0v) is 27.3. The van der Waals surface area contributed by atoms with Crippen molar-refractivity contribution in [1.29, 1.82) is 0 Å². The number of hydrogen-bond donors (Lipinski definition) is 2. The van der Waals surface area contributed by atoms with E-state index >= 15 is 0 Å². The molecule has 0 rings (SSSR count). The Bertz CT molecular complexity index is 1440. The second kappa shape index (κ2) is 15.0. The van der Waals surface area contributed by atoms with Crippen LogP contribution in [0.2, 0.25) is 0 Å². The minimum Gasteiger partial charge on any atom is -0.351 e. The monoisotopic (exact) mass is 998 g/mol. The fourth-order valence-corrected chi connectivity index (χ4v) is 3.56. The van der Waals surface area contributed by atoms with Gasteiger partial charge in [-0.25, -0.2) is 0 Å².